The first-order chi connectivity index (χ1) is 6.22. The van der Waals surface area contributed by atoms with Crippen LogP contribution in [0, 0.1) is 0 Å². The van der Waals surface area contributed by atoms with Crippen molar-refractivity contribution in [3.8, 4) is 0 Å². The zero-order valence-corrected chi connectivity index (χ0v) is 7.91. The van der Waals surface area contributed by atoms with Crippen molar-refractivity contribution in [1.29, 1.82) is 0 Å². The molecule has 0 saturated carbocycles. The minimum absolute atomic E-state index is 0.287. The molecule has 2 aliphatic heterocycles. The molecule has 0 aliphatic carbocycles. The number of hydrogen-bond acceptors (Lipinski definition) is 4. The van der Waals surface area contributed by atoms with Crippen molar-refractivity contribution >= 4 is 0 Å². The maximum atomic E-state index is 8.53. The Hall–Kier alpha value is -0.160. The van der Waals surface area contributed by atoms with Gasteiger partial charge in [0.25, 0.3) is 5.79 Å². The van der Waals surface area contributed by atoms with Crippen molar-refractivity contribution < 1.29 is 19.3 Å². The van der Waals surface area contributed by atoms with Gasteiger partial charge in [0.15, 0.2) is 0 Å². The monoisotopic (exact) mass is 188 g/mol. The summed E-state index contributed by atoms with van der Waals surface area (Å²) in [5.74, 6) is -1.05. The van der Waals surface area contributed by atoms with Crippen LogP contribution in [0.25, 0.3) is 0 Å². The Morgan fingerprint density at radius 2 is 1.77 bits per heavy atom. The molecule has 13 heavy (non-hydrogen) atoms. The number of rotatable bonds is 7. The van der Waals surface area contributed by atoms with Crippen LogP contribution in [0.15, 0.2) is 0 Å². The lowest BCUT2D eigenvalue weighted by Gasteiger charge is -2.02. The van der Waals surface area contributed by atoms with E-state index in [0.29, 0.717) is 6.61 Å². The molecule has 1 N–H and O–H groups in total. The van der Waals surface area contributed by atoms with Gasteiger partial charge in [-0.2, -0.15) is 0 Å². The minimum Gasteiger partial charge on any atom is -0.396 e. The maximum Gasteiger partial charge on any atom is 0.346 e. The lowest BCUT2D eigenvalue weighted by atomic mass is 10.2. The van der Waals surface area contributed by atoms with Crippen molar-refractivity contribution in [2.24, 2.45) is 0 Å². The topological polar surface area (TPSA) is 54.5 Å². The summed E-state index contributed by atoms with van der Waals surface area (Å²) < 4.78 is 15.6. The SMILES string of the molecule is CC12OC1(OCCCCCCO)O2. The number of unbranched alkanes of at least 4 members (excludes halogenated alkanes) is 3. The smallest absolute Gasteiger partial charge is 0.346 e. The van der Waals surface area contributed by atoms with E-state index in [1.54, 1.807) is 0 Å². The molecule has 4 nitrogen and oxygen atoms in total. The van der Waals surface area contributed by atoms with Gasteiger partial charge in [0, 0.05) is 6.61 Å². The molecule has 2 aliphatic rings. The molecule has 0 bridgehead atoms. The predicted molar refractivity (Wildman–Crippen MR) is 44.8 cm³/mol. The molecule has 2 fully saturated rings. The number of hydrogen-bond donors (Lipinski definition) is 1. The van der Waals surface area contributed by atoms with E-state index in [9.17, 15) is 0 Å². The Morgan fingerprint density at radius 3 is 2.31 bits per heavy atom. The van der Waals surface area contributed by atoms with Crippen molar-refractivity contribution in [3.05, 3.63) is 0 Å². The van der Waals surface area contributed by atoms with E-state index in [-0.39, 0.29) is 6.61 Å². The van der Waals surface area contributed by atoms with Crippen molar-refractivity contribution in [1.82, 2.24) is 0 Å². The van der Waals surface area contributed by atoms with Crippen LogP contribution in [-0.4, -0.2) is 30.1 Å². The second-order valence-electron chi connectivity index (χ2n) is 3.69. The lowest BCUT2D eigenvalue weighted by molar-refractivity contribution is -0.209. The third kappa shape index (κ3) is 1.72. The summed E-state index contributed by atoms with van der Waals surface area (Å²) in [5, 5.41) is 8.53. The lowest BCUT2D eigenvalue weighted by Crippen LogP contribution is -2.06. The first-order valence-corrected chi connectivity index (χ1v) is 4.88. The maximum absolute atomic E-state index is 8.53. The van der Waals surface area contributed by atoms with Crippen LogP contribution in [0.4, 0.5) is 0 Å². The highest BCUT2D eigenvalue weighted by molar-refractivity contribution is 5.08. The molecule has 2 heterocycles. The highest BCUT2D eigenvalue weighted by Gasteiger charge is 2.91. The fourth-order valence-electron chi connectivity index (χ4n) is 1.43. The molecule has 0 atom stereocenters. The first-order valence-electron chi connectivity index (χ1n) is 4.88. The van der Waals surface area contributed by atoms with E-state index in [2.05, 4.69) is 0 Å². The number of fused-ring (bicyclic) bond motifs is 1. The molecule has 0 amide bonds. The van der Waals surface area contributed by atoms with E-state index >= 15 is 0 Å². The van der Waals surface area contributed by atoms with Gasteiger partial charge in [-0.25, -0.2) is 0 Å². The average Bonchev–Trinajstić information content (AvgIpc) is 2.82. The predicted octanol–water partition coefficient (Wildman–Crippen LogP) is 0.986. The van der Waals surface area contributed by atoms with Gasteiger partial charge >= 0.3 is 5.97 Å². The zero-order valence-electron chi connectivity index (χ0n) is 7.91. The Bertz CT molecular complexity index is 186. The van der Waals surface area contributed by atoms with Crippen LogP contribution in [0.3, 0.4) is 0 Å². The Kier molecular flexibility index (Phi) is 2.32. The second kappa shape index (κ2) is 3.20. The van der Waals surface area contributed by atoms with Crippen molar-refractivity contribution in [2.75, 3.05) is 13.2 Å². The molecule has 4 heteroatoms. The molecule has 0 radical (unpaired) electrons. The molecular formula is C9H16O4. The standard InChI is InChI=1S/C9H16O4/c1-8-9(12-8,13-8)11-7-5-3-2-4-6-10/h10H,2-7H2,1H3. The van der Waals surface area contributed by atoms with Gasteiger partial charge in [-0.3, -0.25) is 9.47 Å². The quantitative estimate of drug-likeness (QED) is 0.478. The normalized spacial score (nSPS) is 40.2. The van der Waals surface area contributed by atoms with Crippen LogP contribution in [-0.2, 0) is 14.2 Å². The Balaban J connectivity index is 1.43. The number of aliphatic hydroxyl groups is 1. The Morgan fingerprint density at radius 1 is 1.15 bits per heavy atom. The van der Waals surface area contributed by atoms with E-state index in [1.807, 2.05) is 6.92 Å². The van der Waals surface area contributed by atoms with Gasteiger partial charge in [-0.15, -0.1) is 0 Å². The summed E-state index contributed by atoms with van der Waals surface area (Å²) in [4.78, 5) is 0. The molecule has 2 saturated heterocycles. The zero-order chi connectivity index (χ0) is 9.36. The first kappa shape index (κ1) is 9.40. The van der Waals surface area contributed by atoms with Gasteiger partial charge in [0.2, 0.25) is 0 Å². The molecule has 0 spiro atoms. The summed E-state index contributed by atoms with van der Waals surface area (Å²) in [6.45, 7) is 2.84. The van der Waals surface area contributed by atoms with Crippen LogP contribution < -0.4 is 0 Å². The van der Waals surface area contributed by atoms with Gasteiger partial charge in [0.05, 0.1) is 6.61 Å². The molecule has 0 unspecified atom stereocenters. The summed E-state index contributed by atoms with van der Waals surface area (Å²) in [6.07, 6.45) is 4.04. The summed E-state index contributed by atoms with van der Waals surface area (Å²) >= 11 is 0. The van der Waals surface area contributed by atoms with E-state index in [0.717, 1.165) is 25.7 Å². The molecule has 0 aromatic rings. The molecule has 0 aromatic heterocycles. The van der Waals surface area contributed by atoms with Crippen LogP contribution >= 0.6 is 0 Å². The highest BCUT2D eigenvalue weighted by atomic mass is 17.2. The molecule has 0 aromatic carbocycles. The number of aliphatic hydroxyl groups excluding tert-OH is 1. The van der Waals surface area contributed by atoms with Gasteiger partial charge < -0.3 is 9.84 Å². The third-order valence-electron chi connectivity index (χ3n) is 2.48. The van der Waals surface area contributed by atoms with Crippen LogP contribution in [0.2, 0.25) is 0 Å². The Labute approximate surface area is 77.8 Å². The fourth-order valence-corrected chi connectivity index (χ4v) is 1.43. The summed E-state index contributed by atoms with van der Waals surface area (Å²) in [5.41, 5.74) is 0. The molecular weight excluding hydrogens is 172 g/mol. The molecule has 2 rings (SSSR count). The van der Waals surface area contributed by atoms with Crippen molar-refractivity contribution in [3.63, 3.8) is 0 Å². The van der Waals surface area contributed by atoms with E-state index in [4.69, 9.17) is 19.3 Å². The largest absolute Gasteiger partial charge is 0.396 e. The highest BCUT2D eigenvalue weighted by Crippen LogP contribution is 2.67. The summed E-state index contributed by atoms with van der Waals surface area (Å²) in [6, 6.07) is 0. The fraction of sp³-hybridized carbons (Fsp3) is 1.00. The minimum atomic E-state index is -0.649. The third-order valence-corrected chi connectivity index (χ3v) is 2.48. The van der Waals surface area contributed by atoms with Crippen LogP contribution in [0.5, 0.6) is 0 Å². The van der Waals surface area contributed by atoms with Gasteiger partial charge in [0.1, 0.15) is 0 Å². The summed E-state index contributed by atoms with van der Waals surface area (Å²) in [7, 11) is 0. The van der Waals surface area contributed by atoms with E-state index < -0.39 is 11.8 Å². The van der Waals surface area contributed by atoms with Crippen molar-refractivity contribution in [2.45, 2.75) is 44.4 Å². The average molecular weight is 188 g/mol. The number of ether oxygens (including phenoxy) is 3. The van der Waals surface area contributed by atoms with E-state index in [1.165, 1.54) is 0 Å². The molecule has 76 valence electrons. The number of epoxide rings is 2. The van der Waals surface area contributed by atoms with Crippen LogP contribution in [0.1, 0.15) is 32.6 Å². The van der Waals surface area contributed by atoms with Gasteiger partial charge in [-0.1, -0.05) is 12.8 Å². The van der Waals surface area contributed by atoms with Gasteiger partial charge in [-0.05, 0) is 19.8 Å². The second-order valence-corrected chi connectivity index (χ2v) is 3.69.